The fourth-order valence-electron chi connectivity index (χ4n) is 2.57. The molecule has 8 heteroatoms. The SMILES string of the molecule is FC(F)(F)c1ccc(C(F)(F)F)c(CCCN2CCOCC2)c1. The molecule has 1 heterocycles. The third-order valence-corrected chi connectivity index (χ3v) is 3.76. The molecule has 0 saturated carbocycles. The molecule has 130 valence electrons. The number of hydrogen-bond acceptors (Lipinski definition) is 2. The van der Waals surface area contributed by atoms with E-state index in [1.54, 1.807) is 0 Å². The summed E-state index contributed by atoms with van der Waals surface area (Å²) < 4.78 is 82.1. The summed E-state index contributed by atoms with van der Waals surface area (Å²) >= 11 is 0. The normalized spacial score (nSPS) is 17.5. The molecule has 1 aliphatic heterocycles. The van der Waals surface area contributed by atoms with Gasteiger partial charge in [-0.05, 0) is 43.1 Å². The second kappa shape index (κ2) is 7.09. The number of nitrogens with zero attached hydrogens (tertiary/aromatic N) is 1. The van der Waals surface area contributed by atoms with Crippen LogP contribution in [0.1, 0.15) is 23.1 Å². The molecule has 0 radical (unpaired) electrons. The van der Waals surface area contributed by atoms with Gasteiger partial charge in [-0.25, -0.2) is 0 Å². The first-order valence-electron chi connectivity index (χ1n) is 7.25. The molecule has 1 aromatic carbocycles. The molecule has 0 amide bonds. The first-order valence-corrected chi connectivity index (χ1v) is 7.25. The van der Waals surface area contributed by atoms with E-state index in [0.29, 0.717) is 57.5 Å². The molecule has 23 heavy (non-hydrogen) atoms. The highest BCUT2D eigenvalue weighted by molar-refractivity contribution is 5.35. The van der Waals surface area contributed by atoms with E-state index in [9.17, 15) is 26.3 Å². The minimum atomic E-state index is -4.65. The van der Waals surface area contributed by atoms with E-state index < -0.39 is 23.5 Å². The first kappa shape index (κ1) is 18.1. The fourth-order valence-corrected chi connectivity index (χ4v) is 2.57. The molecule has 0 aromatic heterocycles. The van der Waals surface area contributed by atoms with Gasteiger partial charge in [-0.3, -0.25) is 4.90 Å². The zero-order chi connectivity index (χ0) is 17.1. The largest absolute Gasteiger partial charge is 0.416 e. The third kappa shape index (κ3) is 5.10. The Morgan fingerprint density at radius 1 is 0.957 bits per heavy atom. The molecular weight excluding hydrogens is 324 g/mol. The Labute approximate surface area is 130 Å². The van der Waals surface area contributed by atoms with Crippen molar-refractivity contribution in [2.45, 2.75) is 25.2 Å². The smallest absolute Gasteiger partial charge is 0.379 e. The molecule has 0 spiro atoms. The van der Waals surface area contributed by atoms with Gasteiger partial charge in [-0.2, -0.15) is 26.3 Å². The van der Waals surface area contributed by atoms with E-state index >= 15 is 0 Å². The van der Waals surface area contributed by atoms with Crippen molar-refractivity contribution >= 4 is 0 Å². The molecule has 0 bridgehead atoms. The average molecular weight is 341 g/mol. The van der Waals surface area contributed by atoms with Crippen molar-refractivity contribution in [2.24, 2.45) is 0 Å². The van der Waals surface area contributed by atoms with Crippen LogP contribution in [0.3, 0.4) is 0 Å². The Hall–Kier alpha value is -1.28. The lowest BCUT2D eigenvalue weighted by molar-refractivity contribution is -0.141. The van der Waals surface area contributed by atoms with Crippen molar-refractivity contribution in [3.8, 4) is 0 Å². The van der Waals surface area contributed by atoms with Gasteiger partial charge in [-0.1, -0.05) is 0 Å². The van der Waals surface area contributed by atoms with Crippen LogP contribution in [0.2, 0.25) is 0 Å². The quantitative estimate of drug-likeness (QED) is 0.768. The van der Waals surface area contributed by atoms with Gasteiger partial charge in [0.1, 0.15) is 0 Å². The van der Waals surface area contributed by atoms with E-state index in [1.165, 1.54) is 0 Å². The molecule has 0 N–H and O–H groups in total. The second-order valence-corrected chi connectivity index (χ2v) is 5.43. The number of ether oxygens (including phenoxy) is 1. The molecule has 0 atom stereocenters. The van der Waals surface area contributed by atoms with Gasteiger partial charge in [0.15, 0.2) is 0 Å². The Morgan fingerprint density at radius 3 is 2.17 bits per heavy atom. The first-order chi connectivity index (χ1) is 10.7. The van der Waals surface area contributed by atoms with E-state index in [2.05, 4.69) is 0 Å². The molecule has 0 unspecified atom stereocenters. The van der Waals surface area contributed by atoms with Gasteiger partial charge in [0.2, 0.25) is 0 Å². The van der Waals surface area contributed by atoms with Crippen molar-refractivity contribution in [3.05, 3.63) is 34.9 Å². The highest BCUT2D eigenvalue weighted by Crippen LogP contribution is 2.36. The number of benzene rings is 1. The standard InChI is InChI=1S/C15H17F6NO/c16-14(17,18)12-3-4-13(15(19,20)21)11(10-12)2-1-5-22-6-8-23-9-7-22/h3-4,10H,1-2,5-9H2. The maximum absolute atomic E-state index is 13.0. The molecule has 2 nitrogen and oxygen atoms in total. The van der Waals surface area contributed by atoms with Gasteiger partial charge in [0, 0.05) is 13.1 Å². The minimum absolute atomic E-state index is 0.0455. The number of morpholine rings is 1. The van der Waals surface area contributed by atoms with Crippen LogP contribution in [0.5, 0.6) is 0 Å². The summed E-state index contributed by atoms with van der Waals surface area (Å²) in [6, 6.07) is 1.61. The number of halogens is 6. The minimum Gasteiger partial charge on any atom is -0.379 e. The van der Waals surface area contributed by atoms with Crippen molar-refractivity contribution < 1.29 is 31.1 Å². The third-order valence-electron chi connectivity index (χ3n) is 3.76. The van der Waals surface area contributed by atoms with Crippen LogP contribution in [-0.2, 0) is 23.5 Å². The highest BCUT2D eigenvalue weighted by Gasteiger charge is 2.36. The van der Waals surface area contributed by atoms with E-state index in [-0.39, 0.29) is 12.0 Å². The number of hydrogen-bond donors (Lipinski definition) is 0. The summed E-state index contributed by atoms with van der Waals surface area (Å²) in [5, 5.41) is 0. The molecule has 1 aliphatic rings. The lowest BCUT2D eigenvalue weighted by atomic mass is 9.99. The Bertz CT molecular complexity index is 520. The lowest BCUT2D eigenvalue weighted by Crippen LogP contribution is -2.37. The summed E-state index contributed by atoms with van der Waals surface area (Å²) in [6.07, 6.45) is -8.98. The van der Waals surface area contributed by atoms with Gasteiger partial charge >= 0.3 is 12.4 Å². The molecule has 1 saturated heterocycles. The van der Waals surface area contributed by atoms with Gasteiger partial charge in [0.05, 0.1) is 24.3 Å². The Balaban J connectivity index is 2.10. The molecule has 1 fully saturated rings. The topological polar surface area (TPSA) is 12.5 Å². The van der Waals surface area contributed by atoms with Gasteiger partial charge < -0.3 is 4.74 Å². The monoisotopic (exact) mass is 341 g/mol. The van der Waals surface area contributed by atoms with E-state index in [4.69, 9.17) is 4.74 Å². The van der Waals surface area contributed by atoms with Crippen molar-refractivity contribution in [1.29, 1.82) is 0 Å². The van der Waals surface area contributed by atoms with Crippen LogP contribution < -0.4 is 0 Å². The zero-order valence-corrected chi connectivity index (χ0v) is 12.3. The van der Waals surface area contributed by atoms with Crippen LogP contribution in [-0.4, -0.2) is 37.7 Å². The second-order valence-electron chi connectivity index (χ2n) is 5.43. The molecular formula is C15H17F6NO. The predicted molar refractivity (Wildman–Crippen MR) is 72.0 cm³/mol. The summed E-state index contributed by atoms with van der Waals surface area (Å²) in [6.45, 7) is 3.05. The molecule has 2 rings (SSSR count). The van der Waals surface area contributed by atoms with Crippen LogP contribution in [0, 0.1) is 0 Å². The van der Waals surface area contributed by atoms with Crippen LogP contribution in [0.4, 0.5) is 26.3 Å². The van der Waals surface area contributed by atoms with E-state index in [0.717, 1.165) is 0 Å². The summed E-state index contributed by atoms with van der Waals surface area (Å²) in [7, 11) is 0. The lowest BCUT2D eigenvalue weighted by Gasteiger charge is -2.26. The van der Waals surface area contributed by atoms with Gasteiger partial charge in [-0.15, -0.1) is 0 Å². The highest BCUT2D eigenvalue weighted by atomic mass is 19.4. The predicted octanol–water partition coefficient (Wildman–Crippen LogP) is 3.99. The maximum atomic E-state index is 13.0. The fraction of sp³-hybridized carbons (Fsp3) is 0.600. The number of aryl methyl sites for hydroxylation is 1. The molecule has 1 aromatic rings. The Kier molecular flexibility index (Phi) is 5.57. The summed E-state index contributed by atoms with van der Waals surface area (Å²) in [5.74, 6) is 0. The Morgan fingerprint density at radius 2 is 1.61 bits per heavy atom. The van der Waals surface area contributed by atoms with E-state index in [1.807, 2.05) is 4.90 Å². The summed E-state index contributed by atoms with van der Waals surface area (Å²) in [4.78, 5) is 2.03. The van der Waals surface area contributed by atoms with Crippen molar-refractivity contribution in [3.63, 3.8) is 0 Å². The summed E-state index contributed by atoms with van der Waals surface area (Å²) in [5.41, 5.74) is -2.35. The zero-order valence-electron chi connectivity index (χ0n) is 12.3. The maximum Gasteiger partial charge on any atom is 0.416 e. The molecule has 0 aliphatic carbocycles. The van der Waals surface area contributed by atoms with Crippen LogP contribution >= 0.6 is 0 Å². The average Bonchev–Trinajstić information content (AvgIpc) is 2.46. The van der Waals surface area contributed by atoms with Crippen molar-refractivity contribution in [2.75, 3.05) is 32.8 Å². The van der Waals surface area contributed by atoms with Crippen molar-refractivity contribution in [1.82, 2.24) is 4.90 Å². The number of rotatable bonds is 4. The number of alkyl halides is 6. The van der Waals surface area contributed by atoms with Crippen LogP contribution in [0.15, 0.2) is 18.2 Å². The van der Waals surface area contributed by atoms with Gasteiger partial charge in [0.25, 0.3) is 0 Å². The van der Waals surface area contributed by atoms with Crippen LogP contribution in [0.25, 0.3) is 0 Å².